The molecule has 32 heavy (non-hydrogen) atoms. The number of benzene rings is 2. The number of allylic oxidation sites excluding steroid dienone is 1. The predicted molar refractivity (Wildman–Crippen MR) is 127 cm³/mol. The van der Waals surface area contributed by atoms with Gasteiger partial charge in [0, 0.05) is 0 Å². The number of hydrogen-bond acceptors (Lipinski definition) is 5. The maximum absolute atomic E-state index is 13.5. The molecule has 0 saturated heterocycles. The highest BCUT2D eigenvalue weighted by Crippen LogP contribution is 2.31. The average Bonchev–Trinajstić information content (AvgIpc) is 3.12. The van der Waals surface area contributed by atoms with E-state index in [2.05, 4.69) is 26.0 Å². The smallest absolute Gasteiger partial charge is 0.338 e. The van der Waals surface area contributed by atoms with Crippen molar-refractivity contribution in [2.24, 2.45) is 4.99 Å². The Labute approximate surface area is 191 Å². The van der Waals surface area contributed by atoms with E-state index >= 15 is 0 Å². The summed E-state index contributed by atoms with van der Waals surface area (Å²) in [5.41, 5.74) is 3.97. The zero-order valence-electron chi connectivity index (χ0n) is 18.7. The summed E-state index contributed by atoms with van der Waals surface area (Å²) < 4.78 is 7.30. The predicted octanol–water partition coefficient (Wildman–Crippen LogP) is 3.92. The van der Waals surface area contributed by atoms with E-state index in [4.69, 9.17) is 9.73 Å². The Bertz CT molecular complexity index is 1350. The third-order valence-corrected chi connectivity index (χ3v) is 6.65. The minimum absolute atomic E-state index is 0.160. The molecule has 0 aliphatic carbocycles. The van der Waals surface area contributed by atoms with Crippen LogP contribution in [0.5, 0.6) is 0 Å². The van der Waals surface area contributed by atoms with Gasteiger partial charge in [-0.2, -0.15) is 0 Å². The second kappa shape index (κ2) is 9.09. The maximum atomic E-state index is 13.5. The Morgan fingerprint density at radius 3 is 2.44 bits per heavy atom. The molecule has 0 bridgehead atoms. The van der Waals surface area contributed by atoms with Crippen LogP contribution in [0.1, 0.15) is 55.8 Å². The number of hydrogen-bond donors (Lipinski definition) is 0. The van der Waals surface area contributed by atoms with Gasteiger partial charge in [-0.05, 0) is 35.1 Å². The molecular weight excluding hydrogens is 420 g/mol. The fourth-order valence-electron chi connectivity index (χ4n) is 3.94. The van der Waals surface area contributed by atoms with Crippen LogP contribution in [0.4, 0.5) is 0 Å². The Hall–Kier alpha value is -3.25. The molecule has 6 heteroatoms. The van der Waals surface area contributed by atoms with Crippen LogP contribution in [0.3, 0.4) is 0 Å². The van der Waals surface area contributed by atoms with E-state index in [1.165, 1.54) is 24.0 Å². The Morgan fingerprint density at radius 2 is 1.84 bits per heavy atom. The molecule has 5 nitrogen and oxygen atoms in total. The van der Waals surface area contributed by atoms with Crippen molar-refractivity contribution in [3.8, 4) is 0 Å². The van der Waals surface area contributed by atoms with Gasteiger partial charge in [0.1, 0.15) is 0 Å². The largest absolute Gasteiger partial charge is 0.466 e. The van der Waals surface area contributed by atoms with Crippen molar-refractivity contribution in [1.29, 1.82) is 0 Å². The second-order valence-electron chi connectivity index (χ2n) is 8.02. The van der Waals surface area contributed by atoms with Crippen molar-refractivity contribution >= 4 is 23.4 Å². The number of methoxy groups -OCH3 is 1. The summed E-state index contributed by atoms with van der Waals surface area (Å²) in [7, 11) is 1.36. The molecule has 3 aromatic rings. The van der Waals surface area contributed by atoms with Gasteiger partial charge in [0.25, 0.3) is 5.56 Å². The van der Waals surface area contributed by atoms with Crippen LogP contribution in [0.25, 0.3) is 6.08 Å². The van der Waals surface area contributed by atoms with Gasteiger partial charge in [0.2, 0.25) is 0 Å². The fraction of sp³-hybridized carbons (Fsp3) is 0.269. The lowest BCUT2D eigenvalue weighted by molar-refractivity contribution is -0.136. The van der Waals surface area contributed by atoms with Gasteiger partial charge in [-0.1, -0.05) is 86.7 Å². The Balaban J connectivity index is 1.93. The topological polar surface area (TPSA) is 60.7 Å². The highest BCUT2D eigenvalue weighted by atomic mass is 32.1. The molecule has 0 saturated carbocycles. The van der Waals surface area contributed by atoms with Crippen LogP contribution in [0.2, 0.25) is 0 Å². The molecule has 0 spiro atoms. The molecule has 1 aromatic heterocycles. The van der Waals surface area contributed by atoms with Gasteiger partial charge in [-0.15, -0.1) is 0 Å². The molecule has 0 amide bonds. The molecule has 1 aliphatic rings. The monoisotopic (exact) mass is 446 g/mol. The van der Waals surface area contributed by atoms with E-state index < -0.39 is 12.0 Å². The van der Waals surface area contributed by atoms with Crippen LogP contribution in [-0.4, -0.2) is 17.6 Å². The third-order valence-electron chi connectivity index (χ3n) is 5.67. The second-order valence-corrected chi connectivity index (χ2v) is 9.03. The highest BCUT2D eigenvalue weighted by Gasteiger charge is 2.33. The quantitative estimate of drug-likeness (QED) is 0.558. The first-order chi connectivity index (χ1) is 15.4. The summed E-state index contributed by atoms with van der Waals surface area (Å²) in [6.45, 7) is 6.26. The summed E-state index contributed by atoms with van der Waals surface area (Å²) in [5.74, 6) is -0.0116. The lowest BCUT2D eigenvalue weighted by Gasteiger charge is -2.25. The molecular formula is C26H26N2O3S. The first kappa shape index (κ1) is 22.0. The molecule has 4 rings (SSSR count). The van der Waals surface area contributed by atoms with Crippen molar-refractivity contribution in [3.63, 3.8) is 0 Å². The normalized spacial score (nSPS) is 16.2. The van der Waals surface area contributed by atoms with Crippen LogP contribution in [-0.2, 0) is 9.53 Å². The summed E-state index contributed by atoms with van der Waals surface area (Å²) in [6, 6.07) is 17.2. The highest BCUT2D eigenvalue weighted by molar-refractivity contribution is 7.07. The number of carbonyl (C=O) groups is 1. The van der Waals surface area contributed by atoms with Gasteiger partial charge in [-0.25, -0.2) is 9.79 Å². The van der Waals surface area contributed by atoms with Gasteiger partial charge in [0.05, 0.1) is 29.0 Å². The minimum Gasteiger partial charge on any atom is -0.466 e. The lowest BCUT2D eigenvalue weighted by Crippen LogP contribution is -2.40. The first-order valence-electron chi connectivity index (χ1n) is 10.7. The van der Waals surface area contributed by atoms with Gasteiger partial charge in [-0.3, -0.25) is 9.36 Å². The zero-order chi connectivity index (χ0) is 22.8. The number of aromatic nitrogens is 1. The van der Waals surface area contributed by atoms with Crippen molar-refractivity contribution in [2.75, 3.05) is 7.11 Å². The average molecular weight is 447 g/mol. The number of carbonyl (C=O) groups excluding carboxylic acids is 1. The maximum Gasteiger partial charge on any atom is 0.338 e. The summed E-state index contributed by atoms with van der Waals surface area (Å²) in [4.78, 5) is 31.6. The summed E-state index contributed by atoms with van der Waals surface area (Å²) in [5, 5.41) is 0. The van der Waals surface area contributed by atoms with Gasteiger partial charge >= 0.3 is 5.97 Å². The molecule has 1 atom stereocenters. The van der Waals surface area contributed by atoms with E-state index in [0.29, 0.717) is 32.9 Å². The van der Waals surface area contributed by atoms with E-state index in [1.54, 1.807) is 4.57 Å². The van der Waals surface area contributed by atoms with E-state index in [9.17, 15) is 9.59 Å². The zero-order valence-corrected chi connectivity index (χ0v) is 19.5. The third kappa shape index (κ3) is 3.98. The molecule has 1 aliphatic heterocycles. The van der Waals surface area contributed by atoms with E-state index in [0.717, 1.165) is 11.1 Å². The SMILES string of the molecule is CCC1=C(C(=O)OC)[C@@H](c2ccccc2)n2c(s/c(=C\c3ccc(C(C)C)cc3)c2=O)=N1. The number of fused-ring (bicyclic) bond motifs is 1. The van der Waals surface area contributed by atoms with Gasteiger partial charge in [0.15, 0.2) is 4.80 Å². The van der Waals surface area contributed by atoms with Crippen molar-refractivity contribution in [3.05, 3.63) is 102 Å². The number of thiazole rings is 1. The Kier molecular flexibility index (Phi) is 6.24. The molecule has 0 fully saturated rings. The number of nitrogens with zero attached hydrogens (tertiary/aromatic N) is 2. The summed E-state index contributed by atoms with van der Waals surface area (Å²) in [6.07, 6.45) is 2.46. The minimum atomic E-state index is -0.569. The van der Waals surface area contributed by atoms with E-state index in [-0.39, 0.29) is 5.56 Å². The first-order valence-corrected chi connectivity index (χ1v) is 11.5. The van der Waals surface area contributed by atoms with Crippen molar-refractivity contribution < 1.29 is 9.53 Å². The number of rotatable bonds is 5. The molecule has 0 N–H and O–H groups in total. The molecule has 164 valence electrons. The van der Waals surface area contributed by atoms with Crippen LogP contribution < -0.4 is 14.9 Å². The standard InChI is InChI=1S/C26H26N2O3S/c1-5-20-22(25(30)31-4)23(19-9-7-6-8-10-19)28-24(29)21(32-26(28)27-20)15-17-11-13-18(14-12-17)16(2)3/h6-16,23H,5H2,1-4H3/b21-15-/t23-/m1/s1. The fourth-order valence-corrected chi connectivity index (χ4v) is 4.96. The van der Waals surface area contributed by atoms with Crippen molar-refractivity contribution in [2.45, 2.75) is 39.2 Å². The van der Waals surface area contributed by atoms with E-state index in [1.807, 2.05) is 55.5 Å². The molecule has 0 radical (unpaired) electrons. The van der Waals surface area contributed by atoms with Crippen LogP contribution >= 0.6 is 11.3 Å². The number of esters is 1. The number of ether oxygens (including phenoxy) is 1. The molecule has 0 unspecified atom stereocenters. The van der Waals surface area contributed by atoms with Crippen molar-refractivity contribution in [1.82, 2.24) is 4.57 Å². The molecule has 2 aromatic carbocycles. The van der Waals surface area contributed by atoms with Crippen LogP contribution in [0.15, 0.2) is 75.7 Å². The van der Waals surface area contributed by atoms with Gasteiger partial charge < -0.3 is 4.74 Å². The molecule has 2 heterocycles. The Morgan fingerprint density at radius 1 is 1.16 bits per heavy atom. The summed E-state index contributed by atoms with van der Waals surface area (Å²) >= 11 is 1.35. The van der Waals surface area contributed by atoms with Crippen LogP contribution in [0, 0.1) is 0 Å². The lowest BCUT2D eigenvalue weighted by atomic mass is 9.95.